The van der Waals surface area contributed by atoms with Crippen LogP contribution in [0.4, 0.5) is 0 Å². The van der Waals surface area contributed by atoms with E-state index in [4.69, 9.17) is 4.74 Å². The maximum absolute atomic E-state index is 12.5. The lowest BCUT2D eigenvalue weighted by Crippen LogP contribution is -2.68. The van der Waals surface area contributed by atoms with Crippen LogP contribution in [0.1, 0.15) is 113 Å². The average Bonchev–Trinajstić information content (AvgIpc) is 3.16. The van der Waals surface area contributed by atoms with E-state index in [1.165, 1.54) is 31.3 Å². The minimum Gasteiger partial charge on any atom is -0.462 e. The molecule has 0 aromatic rings. The molecule has 10 atom stereocenters. The van der Waals surface area contributed by atoms with E-state index in [0.717, 1.165) is 38.5 Å². The standard InChI is InChI=1S/C32H49O3/c1-20(2)22-11-16-32(19-33)18-17-29(6)23(27(22)32)9-10-25-30(29,7)15-12-24-28(4,5)14-13-26(31(24,25)8)35-21(3)34/h22-27H,1,9-18H2,2-8H3/t22-,23+,24-,25-,26?,27+,29+,30+,31-,32+/m0/s1. The summed E-state index contributed by atoms with van der Waals surface area (Å²) >= 11 is 0. The van der Waals surface area contributed by atoms with E-state index < -0.39 is 0 Å². The maximum atomic E-state index is 12.5. The molecule has 35 heavy (non-hydrogen) atoms. The Balaban J connectivity index is 1.58. The molecule has 3 heteroatoms. The summed E-state index contributed by atoms with van der Waals surface area (Å²) in [4.78, 5) is 24.8. The molecule has 0 saturated heterocycles. The highest BCUT2D eigenvalue weighted by Crippen LogP contribution is 2.77. The molecule has 1 unspecified atom stereocenters. The van der Waals surface area contributed by atoms with Crippen molar-refractivity contribution < 1.29 is 14.3 Å². The number of rotatable bonds is 3. The summed E-state index contributed by atoms with van der Waals surface area (Å²) in [6, 6.07) is 0. The fraction of sp³-hybridized carbons (Fsp3) is 0.875. The monoisotopic (exact) mass is 481 g/mol. The molecule has 1 radical (unpaired) electrons. The van der Waals surface area contributed by atoms with Crippen LogP contribution in [0.15, 0.2) is 12.2 Å². The Kier molecular flexibility index (Phi) is 5.79. The van der Waals surface area contributed by atoms with Crippen LogP contribution in [-0.4, -0.2) is 18.4 Å². The van der Waals surface area contributed by atoms with Gasteiger partial charge < -0.3 is 4.74 Å². The third-order valence-corrected chi connectivity index (χ3v) is 13.4. The van der Waals surface area contributed by atoms with Crippen molar-refractivity contribution >= 4 is 12.3 Å². The molecule has 5 aliphatic carbocycles. The van der Waals surface area contributed by atoms with Crippen molar-refractivity contribution in [2.24, 2.45) is 56.7 Å². The number of hydrogen-bond acceptors (Lipinski definition) is 3. The second-order valence-corrected chi connectivity index (χ2v) is 14.9. The molecule has 0 aromatic carbocycles. The Hall–Kier alpha value is -1.12. The van der Waals surface area contributed by atoms with Gasteiger partial charge in [-0.3, -0.25) is 9.59 Å². The molecule has 0 aromatic heterocycles. The van der Waals surface area contributed by atoms with Crippen LogP contribution >= 0.6 is 0 Å². The number of fused-ring (bicyclic) bond motifs is 7. The average molecular weight is 482 g/mol. The van der Waals surface area contributed by atoms with Crippen molar-refractivity contribution in [1.82, 2.24) is 0 Å². The minimum absolute atomic E-state index is 0.00313. The van der Waals surface area contributed by atoms with Crippen molar-refractivity contribution in [1.29, 1.82) is 0 Å². The van der Waals surface area contributed by atoms with Gasteiger partial charge in [0.1, 0.15) is 6.10 Å². The molecular weight excluding hydrogens is 432 g/mol. The van der Waals surface area contributed by atoms with Gasteiger partial charge in [-0.25, -0.2) is 0 Å². The molecule has 5 rings (SSSR count). The van der Waals surface area contributed by atoms with Crippen LogP contribution in [0, 0.1) is 56.7 Å². The Morgan fingerprint density at radius 1 is 0.829 bits per heavy atom. The molecule has 5 aliphatic rings. The first kappa shape index (κ1) is 25.5. The van der Waals surface area contributed by atoms with Gasteiger partial charge in [-0.2, -0.15) is 0 Å². The lowest BCUT2D eigenvalue weighted by atomic mass is 9.32. The predicted octanol–water partition coefficient (Wildman–Crippen LogP) is 7.69. The largest absolute Gasteiger partial charge is 0.462 e. The summed E-state index contributed by atoms with van der Waals surface area (Å²) in [6.07, 6.45) is 13.8. The Morgan fingerprint density at radius 2 is 1.54 bits per heavy atom. The molecule has 0 bridgehead atoms. The van der Waals surface area contributed by atoms with Crippen LogP contribution in [-0.2, 0) is 14.3 Å². The third kappa shape index (κ3) is 3.21. The van der Waals surface area contributed by atoms with Gasteiger partial charge in [0.2, 0.25) is 6.29 Å². The van der Waals surface area contributed by atoms with Gasteiger partial charge in [-0.05, 0) is 117 Å². The minimum atomic E-state index is -0.259. The number of ether oxygens (including phenoxy) is 1. The van der Waals surface area contributed by atoms with Crippen LogP contribution in [0.25, 0.3) is 0 Å². The number of esters is 1. The maximum Gasteiger partial charge on any atom is 0.302 e. The molecular formula is C32H49O3. The highest BCUT2D eigenvalue weighted by Gasteiger charge is 2.72. The van der Waals surface area contributed by atoms with Crippen LogP contribution in [0.2, 0.25) is 0 Å². The van der Waals surface area contributed by atoms with E-state index in [0.29, 0.717) is 29.6 Å². The second-order valence-electron chi connectivity index (χ2n) is 14.9. The molecule has 3 nitrogen and oxygen atoms in total. The number of carbonyl (C=O) groups excluding carboxylic acids is 2. The molecule has 0 heterocycles. The summed E-state index contributed by atoms with van der Waals surface area (Å²) in [5.41, 5.74) is 1.66. The Labute approximate surface area is 214 Å². The van der Waals surface area contributed by atoms with Crippen molar-refractivity contribution in [3.63, 3.8) is 0 Å². The van der Waals surface area contributed by atoms with Gasteiger partial charge in [0.25, 0.3) is 0 Å². The number of carbonyl (C=O) groups is 1. The smallest absolute Gasteiger partial charge is 0.302 e. The first-order valence-electron chi connectivity index (χ1n) is 14.5. The number of hydrogen-bond donors (Lipinski definition) is 0. The van der Waals surface area contributed by atoms with Crippen molar-refractivity contribution in [2.75, 3.05) is 0 Å². The highest BCUT2D eigenvalue weighted by molar-refractivity contribution is 5.66. The molecule has 0 N–H and O–H groups in total. The quantitative estimate of drug-likeness (QED) is 0.306. The second kappa shape index (κ2) is 7.94. The SMILES string of the molecule is C=C(C)[C@@H]1CC[C@]2([C]=O)CC[C@]3(C)[C@H](CC[C@@H]4[C@@]5(C)C(OC(C)=O)CCC(C)(C)[C@@H]5CC[C@]43C)[C@@H]12. The first-order chi connectivity index (χ1) is 16.3. The molecule has 0 amide bonds. The van der Waals surface area contributed by atoms with Crippen LogP contribution < -0.4 is 0 Å². The van der Waals surface area contributed by atoms with Crippen molar-refractivity contribution in [3.05, 3.63) is 12.2 Å². The summed E-state index contributed by atoms with van der Waals surface area (Å²) in [5, 5.41) is 0. The highest BCUT2D eigenvalue weighted by atomic mass is 16.5. The normalized spacial score (nSPS) is 52.3. The van der Waals surface area contributed by atoms with Crippen LogP contribution in [0.5, 0.6) is 0 Å². The van der Waals surface area contributed by atoms with Gasteiger partial charge in [0.15, 0.2) is 0 Å². The van der Waals surface area contributed by atoms with Gasteiger partial charge in [-0.15, -0.1) is 0 Å². The molecule has 0 aliphatic heterocycles. The van der Waals surface area contributed by atoms with Gasteiger partial charge in [0.05, 0.1) is 0 Å². The van der Waals surface area contributed by atoms with E-state index in [1.54, 1.807) is 6.92 Å². The third-order valence-electron chi connectivity index (χ3n) is 13.4. The number of allylic oxidation sites excluding steroid dienone is 1. The molecule has 5 fully saturated rings. The predicted molar refractivity (Wildman–Crippen MR) is 140 cm³/mol. The Bertz CT molecular complexity index is 920. The van der Waals surface area contributed by atoms with E-state index in [9.17, 15) is 9.59 Å². The van der Waals surface area contributed by atoms with Crippen LogP contribution in [0.3, 0.4) is 0 Å². The van der Waals surface area contributed by atoms with Crippen molar-refractivity contribution in [2.45, 2.75) is 119 Å². The van der Waals surface area contributed by atoms with E-state index in [2.05, 4.69) is 54.4 Å². The van der Waals surface area contributed by atoms with E-state index in [-0.39, 0.29) is 39.1 Å². The fourth-order valence-electron chi connectivity index (χ4n) is 11.7. The first-order valence-corrected chi connectivity index (χ1v) is 14.5. The lowest BCUT2D eigenvalue weighted by Gasteiger charge is -2.73. The van der Waals surface area contributed by atoms with Gasteiger partial charge >= 0.3 is 5.97 Å². The summed E-state index contributed by atoms with van der Waals surface area (Å²) in [5.74, 6) is 2.39. The zero-order chi connectivity index (χ0) is 25.6. The zero-order valence-corrected chi connectivity index (χ0v) is 23.5. The summed E-state index contributed by atoms with van der Waals surface area (Å²) in [6.45, 7) is 20.8. The summed E-state index contributed by atoms with van der Waals surface area (Å²) < 4.78 is 6.17. The topological polar surface area (TPSA) is 43.4 Å². The van der Waals surface area contributed by atoms with Gasteiger partial charge in [0, 0.05) is 17.8 Å². The van der Waals surface area contributed by atoms with E-state index in [1.807, 2.05) is 0 Å². The molecule has 0 spiro atoms. The van der Waals surface area contributed by atoms with Gasteiger partial charge in [-0.1, -0.05) is 46.8 Å². The summed E-state index contributed by atoms with van der Waals surface area (Å²) in [7, 11) is 0. The van der Waals surface area contributed by atoms with E-state index >= 15 is 0 Å². The lowest BCUT2D eigenvalue weighted by molar-refractivity contribution is -0.260. The Morgan fingerprint density at radius 3 is 2.17 bits per heavy atom. The zero-order valence-electron chi connectivity index (χ0n) is 23.5. The molecule has 195 valence electrons. The van der Waals surface area contributed by atoms with Crippen molar-refractivity contribution in [3.8, 4) is 0 Å². The fourth-order valence-corrected chi connectivity index (χ4v) is 11.7. The molecule has 5 saturated carbocycles.